The first-order valence-electron chi connectivity index (χ1n) is 7.10. The first-order chi connectivity index (χ1) is 9.91. The van der Waals surface area contributed by atoms with E-state index in [1.54, 1.807) is 4.90 Å². The predicted octanol–water partition coefficient (Wildman–Crippen LogP) is 3.72. The SMILES string of the molecule is Cc1cccc(C)c1C(=O)N(C)C(C)c1cccc(N)c1. The average molecular weight is 282 g/mol. The fraction of sp³-hybridized carbons (Fsp3) is 0.278. The Morgan fingerprint density at radius 1 is 1.10 bits per heavy atom. The lowest BCUT2D eigenvalue weighted by Gasteiger charge is -2.27. The van der Waals surface area contributed by atoms with Crippen molar-refractivity contribution in [1.29, 1.82) is 0 Å². The van der Waals surface area contributed by atoms with Gasteiger partial charge in [0.15, 0.2) is 0 Å². The minimum Gasteiger partial charge on any atom is -0.399 e. The third kappa shape index (κ3) is 3.07. The number of hydrogen-bond acceptors (Lipinski definition) is 2. The van der Waals surface area contributed by atoms with Crippen LogP contribution in [0.4, 0.5) is 5.69 Å². The van der Waals surface area contributed by atoms with E-state index >= 15 is 0 Å². The molecule has 0 saturated carbocycles. The van der Waals surface area contributed by atoms with E-state index in [0.717, 1.165) is 22.3 Å². The van der Waals surface area contributed by atoms with Gasteiger partial charge in [0, 0.05) is 18.3 Å². The zero-order valence-corrected chi connectivity index (χ0v) is 13.1. The third-order valence-corrected chi connectivity index (χ3v) is 3.99. The Hall–Kier alpha value is -2.29. The molecule has 0 aliphatic heterocycles. The van der Waals surface area contributed by atoms with Crippen LogP contribution in [0.1, 0.15) is 40.0 Å². The molecule has 2 aromatic rings. The first kappa shape index (κ1) is 15.1. The lowest BCUT2D eigenvalue weighted by Crippen LogP contribution is -2.30. The van der Waals surface area contributed by atoms with E-state index in [1.165, 1.54) is 0 Å². The van der Waals surface area contributed by atoms with E-state index in [2.05, 4.69) is 0 Å². The average Bonchev–Trinajstić information content (AvgIpc) is 2.45. The monoisotopic (exact) mass is 282 g/mol. The van der Waals surface area contributed by atoms with Crippen LogP contribution < -0.4 is 5.73 Å². The van der Waals surface area contributed by atoms with Gasteiger partial charge in [-0.05, 0) is 49.6 Å². The number of rotatable bonds is 3. The number of carbonyl (C=O) groups excluding carboxylic acids is 1. The van der Waals surface area contributed by atoms with Crippen molar-refractivity contribution in [2.45, 2.75) is 26.8 Å². The van der Waals surface area contributed by atoms with Gasteiger partial charge < -0.3 is 10.6 Å². The van der Waals surface area contributed by atoms with E-state index in [1.807, 2.05) is 70.3 Å². The van der Waals surface area contributed by atoms with Crippen molar-refractivity contribution in [2.24, 2.45) is 0 Å². The second kappa shape index (κ2) is 6.00. The van der Waals surface area contributed by atoms with E-state index in [4.69, 9.17) is 5.73 Å². The molecule has 0 aromatic heterocycles. The van der Waals surface area contributed by atoms with E-state index in [-0.39, 0.29) is 11.9 Å². The fourth-order valence-electron chi connectivity index (χ4n) is 2.55. The summed E-state index contributed by atoms with van der Waals surface area (Å²) in [5, 5.41) is 0. The molecular weight excluding hydrogens is 260 g/mol. The Morgan fingerprint density at radius 2 is 1.67 bits per heavy atom. The number of hydrogen-bond donors (Lipinski definition) is 1. The third-order valence-electron chi connectivity index (χ3n) is 3.99. The largest absolute Gasteiger partial charge is 0.399 e. The van der Waals surface area contributed by atoms with E-state index < -0.39 is 0 Å². The molecule has 1 amide bonds. The van der Waals surface area contributed by atoms with Crippen LogP contribution in [0.5, 0.6) is 0 Å². The standard InChI is InChI=1S/C18H22N2O/c1-12-7-5-8-13(2)17(12)18(21)20(4)14(3)15-9-6-10-16(19)11-15/h5-11,14H,19H2,1-4H3. The van der Waals surface area contributed by atoms with Gasteiger partial charge in [0.05, 0.1) is 6.04 Å². The number of benzene rings is 2. The summed E-state index contributed by atoms with van der Waals surface area (Å²) in [7, 11) is 1.84. The van der Waals surface area contributed by atoms with Gasteiger partial charge in [-0.3, -0.25) is 4.79 Å². The smallest absolute Gasteiger partial charge is 0.254 e. The molecule has 0 radical (unpaired) electrons. The highest BCUT2D eigenvalue weighted by Gasteiger charge is 2.21. The summed E-state index contributed by atoms with van der Waals surface area (Å²) in [4.78, 5) is 14.5. The lowest BCUT2D eigenvalue weighted by atomic mass is 10.00. The molecule has 0 saturated heterocycles. The predicted molar refractivity (Wildman–Crippen MR) is 87.3 cm³/mol. The van der Waals surface area contributed by atoms with Crippen LogP contribution in [0.2, 0.25) is 0 Å². The zero-order valence-electron chi connectivity index (χ0n) is 13.1. The normalized spacial score (nSPS) is 12.0. The van der Waals surface area contributed by atoms with Gasteiger partial charge in [0.1, 0.15) is 0 Å². The summed E-state index contributed by atoms with van der Waals surface area (Å²) in [5.41, 5.74) is 10.4. The van der Waals surface area contributed by atoms with Crippen LogP contribution >= 0.6 is 0 Å². The molecule has 0 spiro atoms. The summed E-state index contributed by atoms with van der Waals surface area (Å²) >= 11 is 0. The number of aryl methyl sites for hydroxylation is 2. The molecule has 1 unspecified atom stereocenters. The number of amides is 1. The Labute approximate surface area is 126 Å². The van der Waals surface area contributed by atoms with Crippen LogP contribution in [0.15, 0.2) is 42.5 Å². The molecular formula is C18H22N2O. The van der Waals surface area contributed by atoms with Crippen molar-refractivity contribution < 1.29 is 4.79 Å². The van der Waals surface area contributed by atoms with Crippen LogP contribution in [0.25, 0.3) is 0 Å². The molecule has 0 heterocycles. The highest BCUT2D eigenvalue weighted by atomic mass is 16.2. The van der Waals surface area contributed by atoms with Gasteiger partial charge in [-0.2, -0.15) is 0 Å². The van der Waals surface area contributed by atoms with Gasteiger partial charge in [-0.25, -0.2) is 0 Å². The highest BCUT2D eigenvalue weighted by Crippen LogP contribution is 2.24. The molecule has 110 valence electrons. The highest BCUT2D eigenvalue weighted by molar-refractivity contribution is 5.97. The Kier molecular flexibility index (Phi) is 4.32. The molecule has 0 aliphatic carbocycles. The summed E-state index contributed by atoms with van der Waals surface area (Å²) in [5.74, 6) is 0.0422. The van der Waals surface area contributed by atoms with Crippen LogP contribution in [-0.4, -0.2) is 17.9 Å². The molecule has 0 fully saturated rings. The molecule has 2 rings (SSSR count). The summed E-state index contributed by atoms with van der Waals surface area (Å²) < 4.78 is 0. The minimum atomic E-state index is -0.0278. The van der Waals surface area contributed by atoms with Crippen LogP contribution in [0.3, 0.4) is 0 Å². The lowest BCUT2D eigenvalue weighted by molar-refractivity contribution is 0.0741. The molecule has 3 nitrogen and oxygen atoms in total. The van der Waals surface area contributed by atoms with Gasteiger partial charge in [-0.15, -0.1) is 0 Å². The number of nitrogens with two attached hydrogens (primary N) is 1. The van der Waals surface area contributed by atoms with Gasteiger partial charge >= 0.3 is 0 Å². The Balaban J connectivity index is 2.31. The van der Waals surface area contributed by atoms with Crippen molar-refractivity contribution in [3.05, 3.63) is 64.7 Å². The van der Waals surface area contributed by atoms with Gasteiger partial charge in [-0.1, -0.05) is 30.3 Å². The summed E-state index contributed by atoms with van der Waals surface area (Å²) in [6.45, 7) is 5.96. The Morgan fingerprint density at radius 3 is 2.24 bits per heavy atom. The van der Waals surface area contributed by atoms with Crippen molar-refractivity contribution in [1.82, 2.24) is 4.90 Å². The maximum Gasteiger partial charge on any atom is 0.254 e. The maximum atomic E-state index is 12.8. The second-order valence-electron chi connectivity index (χ2n) is 5.53. The quantitative estimate of drug-likeness (QED) is 0.872. The molecule has 2 N–H and O–H groups in total. The van der Waals surface area contributed by atoms with Gasteiger partial charge in [0.2, 0.25) is 0 Å². The van der Waals surface area contributed by atoms with E-state index in [0.29, 0.717) is 5.69 Å². The topological polar surface area (TPSA) is 46.3 Å². The second-order valence-corrected chi connectivity index (χ2v) is 5.53. The summed E-state index contributed by atoms with van der Waals surface area (Å²) in [6, 6.07) is 13.6. The minimum absolute atomic E-state index is 0.0278. The number of anilines is 1. The van der Waals surface area contributed by atoms with Crippen molar-refractivity contribution >= 4 is 11.6 Å². The summed E-state index contributed by atoms with van der Waals surface area (Å²) in [6.07, 6.45) is 0. The molecule has 21 heavy (non-hydrogen) atoms. The molecule has 0 bridgehead atoms. The van der Waals surface area contributed by atoms with Crippen LogP contribution in [-0.2, 0) is 0 Å². The van der Waals surface area contributed by atoms with Crippen LogP contribution in [0, 0.1) is 13.8 Å². The molecule has 0 aliphatic rings. The number of nitrogens with zero attached hydrogens (tertiary/aromatic N) is 1. The van der Waals surface area contributed by atoms with Crippen molar-refractivity contribution in [2.75, 3.05) is 12.8 Å². The molecule has 2 aromatic carbocycles. The zero-order chi connectivity index (χ0) is 15.6. The van der Waals surface area contributed by atoms with Crippen molar-refractivity contribution in [3.8, 4) is 0 Å². The maximum absolute atomic E-state index is 12.8. The molecule has 3 heteroatoms. The number of nitrogen functional groups attached to an aromatic ring is 1. The fourth-order valence-corrected chi connectivity index (χ4v) is 2.55. The number of carbonyl (C=O) groups is 1. The molecule has 1 atom stereocenters. The van der Waals surface area contributed by atoms with E-state index in [9.17, 15) is 4.79 Å². The van der Waals surface area contributed by atoms with Crippen molar-refractivity contribution in [3.63, 3.8) is 0 Å². The van der Waals surface area contributed by atoms with Gasteiger partial charge in [0.25, 0.3) is 5.91 Å². The first-order valence-corrected chi connectivity index (χ1v) is 7.10. The Bertz CT molecular complexity index is 644.